The van der Waals surface area contributed by atoms with E-state index in [0.717, 1.165) is 0 Å². The van der Waals surface area contributed by atoms with Gasteiger partial charge in [0.1, 0.15) is 0 Å². The molecular formula is C17H25F2N3O3. The van der Waals surface area contributed by atoms with E-state index in [4.69, 9.17) is 9.47 Å². The summed E-state index contributed by atoms with van der Waals surface area (Å²) in [5, 5.41) is 6.33. The van der Waals surface area contributed by atoms with E-state index in [0.29, 0.717) is 43.6 Å². The van der Waals surface area contributed by atoms with Crippen LogP contribution in [-0.4, -0.2) is 46.0 Å². The smallest absolute Gasteiger partial charge is 0.387 e. The first kappa shape index (κ1) is 19.2. The lowest BCUT2D eigenvalue weighted by Crippen LogP contribution is -2.50. The molecule has 0 bridgehead atoms. The third kappa shape index (κ3) is 5.45. The summed E-state index contributed by atoms with van der Waals surface area (Å²) in [6, 6.07) is 5.06. The molecule has 0 aliphatic carbocycles. The number of benzene rings is 1. The van der Waals surface area contributed by atoms with Crippen molar-refractivity contribution in [3.05, 3.63) is 23.8 Å². The molecule has 140 valence electrons. The Hall–Kier alpha value is -2.09. The standard InChI is InChI=1S/C17H25F2N3O3/c1-4-24-13-7-5-6-12(14(13)25-15(18)19)8-21-16(20-3)22-9-17(2)10-23-11-17/h5-7,15H,4,8-11H2,1-3H3,(H2,20,21,22). The maximum Gasteiger partial charge on any atom is 0.387 e. The zero-order valence-corrected chi connectivity index (χ0v) is 14.8. The molecule has 1 aliphatic rings. The first-order valence-corrected chi connectivity index (χ1v) is 8.19. The summed E-state index contributed by atoms with van der Waals surface area (Å²) in [4.78, 5) is 4.15. The number of hydrogen-bond donors (Lipinski definition) is 2. The van der Waals surface area contributed by atoms with E-state index in [-0.39, 0.29) is 17.7 Å². The highest BCUT2D eigenvalue weighted by atomic mass is 19.3. The first-order chi connectivity index (χ1) is 12.0. The van der Waals surface area contributed by atoms with Gasteiger partial charge in [0, 0.05) is 31.1 Å². The van der Waals surface area contributed by atoms with Crippen LogP contribution in [0.1, 0.15) is 19.4 Å². The minimum Gasteiger partial charge on any atom is -0.490 e. The van der Waals surface area contributed by atoms with Gasteiger partial charge in [-0.15, -0.1) is 0 Å². The summed E-state index contributed by atoms with van der Waals surface area (Å²) in [6.45, 7) is 3.75. The third-order valence-corrected chi connectivity index (χ3v) is 3.82. The second kappa shape index (κ2) is 8.84. The highest BCUT2D eigenvalue weighted by molar-refractivity contribution is 5.79. The van der Waals surface area contributed by atoms with Crippen LogP contribution in [0.5, 0.6) is 11.5 Å². The summed E-state index contributed by atoms with van der Waals surface area (Å²) in [6.07, 6.45) is 0. The molecule has 0 unspecified atom stereocenters. The number of halogens is 2. The molecule has 0 spiro atoms. The van der Waals surface area contributed by atoms with Crippen LogP contribution in [0.15, 0.2) is 23.2 Å². The Kier molecular flexibility index (Phi) is 6.81. The molecule has 1 aromatic rings. The molecule has 0 radical (unpaired) electrons. The van der Waals surface area contributed by atoms with Crippen molar-refractivity contribution in [3.8, 4) is 11.5 Å². The van der Waals surface area contributed by atoms with E-state index in [1.807, 2.05) is 0 Å². The number of nitrogens with one attached hydrogen (secondary N) is 2. The van der Waals surface area contributed by atoms with Gasteiger partial charge >= 0.3 is 6.61 Å². The number of alkyl halides is 2. The number of nitrogens with zero attached hydrogens (tertiary/aromatic N) is 1. The second-order valence-corrected chi connectivity index (χ2v) is 6.14. The molecule has 1 heterocycles. The molecule has 6 nitrogen and oxygen atoms in total. The Morgan fingerprint density at radius 2 is 2.12 bits per heavy atom. The van der Waals surface area contributed by atoms with Crippen molar-refractivity contribution in [1.29, 1.82) is 0 Å². The van der Waals surface area contributed by atoms with Gasteiger partial charge in [0.2, 0.25) is 0 Å². The molecule has 0 amide bonds. The maximum absolute atomic E-state index is 12.7. The Morgan fingerprint density at radius 3 is 2.68 bits per heavy atom. The predicted molar refractivity (Wildman–Crippen MR) is 91.4 cm³/mol. The van der Waals surface area contributed by atoms with Crippen molar-refractivity contribution < 1.29 is 23.0 Å². The summed E-state index contributed by atoms with van der Waals surface area (Å²) in [5.41, 5.74) is 0.656. The van der Waals surface area contributed by atoms with E-state index >= 15 is 0 Å². The highest BCUT2D eigenvalue weighted by Gasteiger charge is 2.33. The van der Waals surface area contributed by atoms with Crippen LogP contribution >= 0.6 is 0 Å². The van der Waals surface area contributed by atoms with Gasteiger partial charge in [0.05, 0.1) is 19.8 Å². The van der Waals surface area contributed by atoms with Crippen molar-refractivity contribution in [3.63, 3.8) is 0 Å². The molecule has 1 aliphatic heterocycles. The number of rotatable bonds is 8. The molecule has 2 N–H and O–H groups in total. The second-order valence-electron chi connectivity index (χ2n) is 6.14. The van der Waals surface area contributed by atoms with E-state index in [2.05, 4.69) is 27.3 Å². The van der Waals surface area contributed by atoms with Crippen molar-refractivity contribution in [2.45, 2.75) is 27.0 Å². The van der Waals surface area contributed by atoms with Crippen molar-refractivity contribution in [1.82, 2.24) is 10.6 Å². The Bertz CT molecular complexity index is 593. The van der Waals surface area contributed by atoms with Crippen molar-refractivity contribution in [2.75, 3.05) is 33.4 Å². The van der Waals surface area contributed by atoms with Gasteiger partial charge < -0.3 is 24.8 Å². The third-order valence-electron chi connectivity index (χ3n) is 3.82. The molecule has 8 heteroatoms. The molecule has 25 heavy (non-hydrogen) atoms. The van der Waals surface area contributed by atoms with Gasteiger partial charge in [-0.05, 0) is 13.0 Å². The summed E-state index contributed by atoms with van der Waals surface area (Å²) in [7, 11) is 1.65. The van der Waals surface area contributed by atoms with Crippen LogP contribution < -0.4 is 20.1 Å². The number of guanidine groups is 1. The minimum atomic E-state index is -2.92. The van der Waals surface area contributed by atoms with Crippen molar-refractivity contribution >= 4 is 5.96 Å². The molecule has 1 aromatic carbocycles. The molecule has 0 saturated carbocycles. The van der Waals surface area contributed by atoms with Gasteiger partial charge in [-0.3, -0.25) is 4.99 Å². The molecule has 0 atom stereocenters. The van der Waals surface area contributed by atoms with Crippen LogP contribution in [0, 0.1) is 5.41 Å². The molecular weight excluding hydrogens is 332 g/mol. The molecule has 1 saturated heterocycles. The summed E-state index contributed by atoms with van der Waals surface area (Å²) >= 11 is 0. The monoisotopic (exact) mass is 357 g/mol. The molecule has 1 fully saturated rings. The highest BCUT2D eigenvalue weighted by Crippen LogP contribution is 2.32. The predicted octanol–water partition coefficient (Wildman–Crippen LogP) is 2.39. The minimum absolute atomic E-state index is 0.0432. The number of ether oxygens (including phenoxy) is 3. The summed E-state index contributed by atoms with van der Waals surface area (Å²) < 4.78 is 40.7. The van der Waals surface area contributed by atoms with Crippen molar-refractivity contribution in [2.24, 2.45) is 10.4 Å². The fourth-order valence-electron chi connectivity index (χ4n) is 2.44. The summed E-state index contributed by atoms with van der Waals surface area (Å²) in [5.74, 6) is 0.920. The van der Waals surface area contributed by atoms with Gasteiger partial charge in [0.15, 0.2) is 17.5 Å². The Morgan fingerprint density at radius 1 is 1.36 bits per heavy atom. The lowest BCUT2D eigenvalue weighted by Gasteiger charge is -2.38. The van der Waals surface area contributed by atoms with Gasteiger partial charge in [-0.2, -0.15) is 8.78 Å². The number of para-hydroxylation sites is 1. The molecule has 2 rings (SSSR count). The average molecular weight is 357 g/mol. The fourth-order valence-corrected chi connectivity index (χ4v) is 2.44. The normalized spacial score (nSPS) is 16.3. The Labute approximate surface area is 146 Å². The van der Waals surface area contributed by atoms with Gasteiger partial charge in [0.25, 0.3) is 0 Å². The SMILES string of the molecule is CCOc1cccc(CNC(=NC)NCC2(C)COC2)c1OC(F)F. The largest absolute Gasteiger partial charge is 0.490 e. The fraction of sp³-hybridized carbons (Fsp3) is 0.588. The Balaban J connectivity index is 2.01. The van der Waals surface area contributed by atoms with Crippen LogP contribution in [0.2, 0.25) is 0 Å². The zero-order valence-electron chi connectivity index (χ0n) is 14.8. The van der Waals surface area contributed by atoms with E-state index in [1.165, 1.54) is 0 Å². The van der Waals surface area contributed by atoms with E-state index in [1.54, 1.807) is 32.2 Å². The number of hydrogen-bond acceptors (Lipinski definition) is 4. The average Bonchev–Trinajstić information content (AvgIpc) is 2.55. The first-order valence-electron chi connectivity index (χ1n) is 8.19. The quantitative estimate of drug-likeness (QED) is 0.552. The number of aliphatic imine (C=N–C) groups is 1. The van der Waals surface area contributed by atoms with Gasteiger partial charge in [-0.25, -0.2) is 0 Å². The van der Waals surface area contributed by atoms with Crippen LogP contribution in [0.25, 0.3) is 0 Å². The zero-order chi connectivity index (χ0) is 18.3. The van der Waals surface area contributed by atoms with E-state index in [9.17, 15) is 8.78 Å². The van der Waals surface area contributed by atoms with Gasteiger partial charge in [-0.1, -0.05) is 19.1 Å². The lowest BCUT2D eigenvalue weighted by atomic mass is 9.89. The lowest BCUT2D eigenvalue weighted by molar-refractivity contribution is -0.0971. The molecule has 0 aromatic heterocycles. The topological polar surface area (TPSA) is 64.1 Å². The van der Waals surface area contributed by atoms with Crippen LogP contribution in [-0.2, 0) is 11.3 Å². The van der Waals surface area contributed by atoms with E-state index < -0.39 is 6.61 Å². The van der Waals surface area contributed by atoms with Crippen LogP contribution in [0.3, 0.4) is 0 Å². The maximum atomic E-state index is 12.7. The van der Waals surface area contributed by atoms with Crippen LogP contribution in [0.4, 0.5) is 8.78 Å².